The highest BCUT2D eigenvalue weighted by Crippen LogP contribution is 2.14. The fraction of sp³-hybridized carbons (Fsp3) is 1.00. The first-order valence-electron chi connectivity index (χ1n) is 24.1. The largest absolute Gasteiger partial charge is 0.379 e. The van der Waals surface area contributed by atoms with Gasteiger partial charge in [-0.1, -0.05) is 174 Å². The average Bonchev–Trinajstić information content (AvgIpc) is 3.21. The van der Waals surface area contributed by atoms with Gasteiger partial charge in [0, 0.05) is 13.2 Å². The van der Waals surface area contributed by atoms with Crippen LogP contribution in [0.15, 0.2) is 0 Å². The van der Waals surface area contributed by atoms with Gasteiger partial charge in [0.2, 0.25) is 0 Å². The lowest BCUT2D eigenvalue weighted by molar-refractivity contribution is -0.0250. The first-order valence-corrected chi connectivity index (χ1v) is 24.1. The minimum absolute atomic E-state index is 0.544. The Labute approximate surface area is 348 Å². The Morgan fingerprint density at radius 3 is 0.429 bits per heavy atom. The zero-order valence-electron chi connectivity index (χ0n) is 37.5. The normalized spacial score (nSPS) is 11.7. The molecule has 0 radical (unpaired) electrons. The Bertz CT molecular complexity index is 603. The molecule has 338 valence electrons. The summed E-state index contributed by atoms with van der Waals surface area (Å²) in [6, 6.07) is 0. The van der Waals surface area contributed by atoms with Crippen molar-refractivity contribution in [2.24, 2.45) is 0 Å². The zero-order valence-corrected chi connectivity index (χ0v) is 37.5. The molecule has 9 heteroatoms. The van der Waals surface area contributed by atoms with Gasteiger partial charge in [-0.25, -0.2) is 0 Å². The SMILES string of the molecule is CCCCCCCCCCCCCCCCOCCOCCOCCOCCOCCOCCOCCOCCOCCCCCCCCCCCCCCC. The fourth-order valence-electron chi connectivity index (χ4n) is 6.48. The molecule has 0 aliphatic heterocycles. The Morgan fingerprint density at radius 2 is 0.268 bits per heavy atom. The van der Waals surface area contributed by atoms with Crippen LogP contribution in [-0.2, 0) is 42.6 Å². The molecule has 0 spiro atoms. The molecule has 0 atom stereocenters. The van der Waals surface area contributed by atoms with Gasteiger partial charge in [0.25, 0.3) is 0 Å². The monoisotopic (exact) mass is 805 g/mol. The number of unbranched alkanes of at least 4 members (excludes halogenated alkanes) is 25. The van der Waals surface area contributed by atoms with Crippen LogP contribution in [-0.4, -0.2) is 119 Å². The topological polar surface area (TPSA) is 83.1 Å². The minimum Gasteiger partial charge on any atom is -0.379 e. The van der Waals surface area contributed by atoms with Crippen LogP contribution in [0.1, 0.15) is 187 Å². The highest BCUT2D eigenvalue weighted by atomic mass is 16.6. The van der Waals surface area contributed by atoms with Gasteiger partial charge < -0.3 is 42.6 Å². The van der Waals surface area contributed by atoms with Crippen LogP contribution in [0, 0.1) is 0 Å². The first kappa shape index (κ1) is 55.6. The van der Waals surface area contributed by atoms with E-state index in [1.807, 2.05) is 0 Å². The summed E-state index contributed by atoms with van der Waals surface area (Å²) >= 11 is 0. The van der Waals surface area contributed by atoms with Crippen molar-refractivity contribution < 1.29 is 42.6 Å². The molecule has 0 bridgehead atoms. The maximum absolute atomic E-state index is 5.70. The third kappa shape index (κ3) is 53.6. The van der Waals surface area contributed by atoms with E-state index in [0.717, 1.165) is 26.1 Å². The van der Waals surface area contributed by atoms with E-state index in [-0.39, 0.29) is 0 Å². The van der Waals surface area contributed by atoms with Gasteiger partial charge >= 0.3 is 0 Å². The second-order valence-electron chi connectivity index (χ2n) is 15.4. The molecule has 0 aromatic heterocycles. The molecule has 56 heavy (non-hydrogen) atoms. The van der Waals surface area contributed by atoms with E-state index in [0.29, 0.717) is 106 Å². The molecule has 0 unspecified atom stereocenters. The van der Waals surface area contributed by atoms with Gasteiger partial charge in [-0.2, -0.15) is 0 Å². The van der Waals surface area contributed by atoms with Gasteiger partial charge in [0.05, 0.1) is 106 Å². The lowest BCUT2D eigenvalue weighted by Crippen LogP contribution is -2.15. The van der Waals surface area contributed by atoms with E-state index in [2.05, 4.69) is 13.8 Å². The third-order valence-electron chi connectivity index (χ3n) is 10.0. The lowest BCUT2D eigenvalue weighted by Gasteiger charge is -2.09. The van der Waals surface area contributed by atoms with Crippen molar-refractivity contribution >= 4 is 0 Å². The third-order valence-corrected chi connectivity index (χ3v) is 10.0. The molecule has 0 N–H and O–H groups in total. The second-order valence-corrected chi connectivity index (χ2v) is 15.4. The minimum atomic E-state index is 0.544. The van der Waals surface area contributed by atoms with E-state index in [4.69, 9.17) is 42.6 Å². The zero-order chi connectivity index (χ0) is 40.2. The second kappa shape index (κ2) is 54.6. The molecule has 0 fully saturated rings. The van der Waals surface area contributed by atoms with Gasteiger partial charge in [-0.05, 0) is 12.8 Å². The molecule has 0 rings (SSSR count). The summed E-state index contributed by atoms with van der Waals surface area (Å²) < 4.78 is 50.3. The van der Waals surface area contributed by atoms with Gasteiger partial charge in [-0.3, -0.25) is 0 Å². The molecule has 0 aliphatic carbocycles. The predicted molar refractivity (Wildman–Crippen MR) is 233 cm³/mol. The summed E-state index contributed by atoms with van der Waals surface area (Å²) in [5.74, 6) is 0. The fourth-order valence-corrected chi connectivity index (χ4v) is 6.48. The summed E-state index contributed by atoms with van der Waals surface area (Å²) in [6.45, 7) is 15.5. The van der Waals surface area contributed by atoms with Crippen molar-refractivity contribution in [2.75, 3.05) is 119 Å². The molecular formula is C47H96O9. The van der Waals surface area contributed by atoms with Crippen LogP contribution in [0.25, 0.3) is 0 Å². The van der Waals surface area contributed by atoms with Crippen molar-refractivity contribution in [3.05, 3.63) is 0 Å². The summed E-state index contributed by atoms with van der Waals surface area (Å²) in [6.07, 6.45) is 37.2. The summed E-state index contributed by atoms with van der Waals surface area (Å²) in [4.78, 5) is 0. The van der Waals surface area contributed by atoms with E-state index in [1.165, 1.54) is 161 Å². The quantitative estimate of drug-likeness (QED) is 0.0558. The van der Waals surface area contributed by atoms with Crippen LogP contribution < -0.4 is 0 Å². The maximum atomic E-state index is 5.70. The van der Waals surface area contributed by atoms with Crippen molar-refractivity contribution in [1.29, 1.82) is 0 Å². The smallest absolute Gasteiger partial charge is 0.0701 e. The van der Waals surface area contributed by atoms with Gasteiger partial charge in [0.1, 0.15) is 0 Å². The number of hydrogen-bond donors (Lipinski definition) is 0. The standard InChI is InChI=1S/C47H96O9/c1-3-5-7-9-11-13-15-17-19-21-23-25-27-29-31-49-33-35-51-37-39-53-41-43-55-45-47-56-46-44-54-42-40-52-38-36-50-34-32-48-30-28-26-24-22-20-18-16-14-12-10-8-6-4-2/h3-47H2,1-2H3. The van der Waals surface area contributed by atoms with Crippen molar-refractivity contribution in [3.63, 3.8) is 0 Å². The molecule has 0 aromatic rings. The van der Waals surface area contributed by atoms with Crippen LogP contribution >= 0.6 is 0 Å². The summed E-state index contributed by atoms with van der Waals surface area (Å²) in [5, 5.41) is 0. The molecule has 0 aliphatic rings. The predicted octanol–water partition coefficient (Wildman–Crippen LogP) is 11.7. The van der Waals surface area contributed by atoms with Crippen LogP contribution in [0.2, 0.25) is 0 Å². The summed E-state index contributed by atoms with van der Waals surface area (Å²) in [7, 11) is 0. The van der Waals surface area contributed by atoms with Gasteiger partial charge in [0.15, 0.2) is 0 Å². The first-order chi connectivity index (χ1) is 27.9. The van der Waals surface area contributed by atoms with E-state index >= 15 is 0 Å². The van der Waals surface area contributed by atoms with Crippen molar-refractivity contribution in [3.8, 4) is 0 Å². The number of ether oxygens (including phenoxy) is 9. The molecule has 0 amide bonds. The highest BCUT2D eigenvalue weighted by Gasteiger charge is 1.98. The molecule has 0 aromatic carbocycles. The molecular weight excluding hydrogens is 709 g/mol. The van der Waals surface area contributed by atoms with Gasteiger partial charge in [-0.15, -0.1) is 0 Å². The maximum Gasteiger partial charge on any atom is 0.0701 e. The van der Waals surface area contributed by atoms with Crippen LogP contribution in [0.3, 0.4) is 0 Å². The molecule has 9 nitrogen and oxygen atoms in total. The highest BCUT2D eigenvalue weighted by molar-refractivity contribution is 4.51. The summed E-state index contributed by atoms with van der Waals surface area (Å²) in [5.41, 5.74) is 0. The van der Waals surface area contributed by atoms with Crippen LogP contribution in [0.5, 0.6) is 0 Å². The number of rotatable bonds is 53. The van der Waals surface area contributed by atoms with E-state index in [9.17, 15) is 0 Å². The van der Waals surface area contributed by atoms with E-state index < -0.39 is 0 Å². The lowest BCUT2D eigenvalue weighted by atomic mass is 10.0. The molecule has 0 saturated heterocycles. The number of hydrogen-bond acceptors (Lipinski definition) is 9. The Morgan fingerprint density at radius 1 is 0.143 bits per heavy atom. The Balaban J connectivity index is 3.05. The van der Waals surface area contributed by atoms with E-state index in [1.54, 1.807) is 0 Å². The Kier molecular flexibility index (Phi) is 54.3. The molecule has 0 saturated carbocycles. The Hall–Kier alpha value is -0.360. The average molecular weight is 805 g/mol. The van der Waals surface area contributed by atoms with Crippen molar-refractivity contribution in [1.82, 2.24) is 0 Å². The molecule has 0 heterocycles. The van der Waals surface area contributed by atoms with Crippen LogP contribution in [0.4, 0.5) is 0 Å². The van der Waals surface area contributed by atoms with Crippen molar-refractivity contribution in [2.45, 2.75) is 187 Å².